The zero-order chi connectivity index (χ0) is 16.0. The van der Waals surface area contributed by atoms with E-state index in [1.54, 1.807) is 25.1 Å². The highest BCUT2D eigenvalue weighted by atomic mass is 35.5. The maximum absolute atomic E-state index is 12.5. The monoisotopic (exact) mass is 322 g/mol. The van der Waals surface area contributed by atoms with Crippen LogP contribution in [0.1, 0.15) is 26.3 Å². The van der Waals surface area contributed by atoms with E-state index < -0.39 is 12.7 Å². The van der Waals surface area contributed by atoms with Gasteiger partial charge in [0.15, 0.2) is 0 Å². The first-order valence-corrected chi connectivity index (χ1v) is 7.41. The third-order valence-corrected chi connectivity index (χ3v) is 3.37. The van der Waals surface area contributed by atoms with Crippen LogP contribution in [-0.2, 0) is 6.54 Å². The van der Waals surface area contributed by atoms with Crippen LogP contribution < -0.4 is 10.2 Å². The zero-order valence-electron chi connectivity index (χ0n) is 12.6. The molecule has 0 spiro atoms. The fourth-order valence-electron chi connectivity index (χ4n) is 1.97. The minimum Gasteiger partial charge on any atom is -0.363 e. The van der Waals surface area contributed by atoms with E-state index in [9.17, 15) is 13.2 Å². The molecule has 0 aliphatic carbocycles. The van der Waals surface area contributed by atoms with E-state index >= 15 is 0 Å². The van der Waals surface area contributed by atoms with Crippen LogP contribution >= 0.6 is 11.6 Å². The first-order valence-electron chi connectivity index (χ1n) is 7.03. The minimum atomic E-state index is -4.22. The van der Waals surface area contributed by atoms with Crippen molar-refractivity contribution in [3.8, 4) is 0 Å². The smallest absolute Gasteiger partial charge is 0.363 e. The number of benzene rings is 1. The molecule has 0 radical (unpaired) electrons. The molecule has 0 unspecified atom stereocenters. The van der Waals surface area contributed by atoms with Gasteiger partial charge in [0.2, 0.25) is 0 Å². The molecule has 0 aliphatic rings. The van der Waals surface area contributed by atoms with Gasteiger partial charge in [-0.05, 0) is 37.1 Å². The van der Waals surface area contributed by atoms with Gasteiger partial charge in [0.1, 0.15) is 6.54 Å². The van der Waals surface area contributed by atoms with Crippen molar-refractivity contribution in [2.75, 3.05) is 24.5 Å². The van der Waals surface area contributed by atoms with Crippen LogP contribution in [0.3, 0.4) is 0 Å². The van der Waals surface area contributed by atoms with E-state index in [-0.39, 0.29) is 6.54 Å². The molecule has 0 saturated carbocycles. The van der Waals surface area contributed by atoms with Gasteiger partial charge in [0.05, 0.1) is 0 Å². The summed E-state index contributed by atoms with van der Waals surface area (Å²) < 4.78 is 37.5. The standard InChI is InChI=1S/C15H22ClF3N2/c1-4-21(10-15(17,18)19)13-6-5-12(14(16)7-13)9-20-8-11(2)3/h5-7,11,20H,4,8-10H2,1-3H3. The van der Waals surface area contributed by atoms with Crippen molar-refractivity contribution in [1.29, 1.82) is 0 Å². The van der Waals surface area contributed by atoms with Gasteiger partial charge in [-0.15, -0.1) is 0 Å². The molecule has 1 N–H and O–H groups in total. The molecule has 1 aromatic rings. The number of halogens is 4. The topological polar surface area (TPSA) is 15.3 Å². The highest BCUT2D eigenvalue weighted by molar-refractivity contribution is 6.31. The van der Waals surface area contributed by atoms with E-state index in [1.165, 1.54) is 4.90 Å². The fraction of sp³-hybridized carbons (Fsp3) is 0.600. The summed E-state index contributed by atoms with van der Waals surface area (Å²) in [6, 6.07) is 5.07. The lowest BCUT2D eigenvalue weighted by Gasteiger charge is -2.25. The van der Waals surface area contributed by atoms with E-state index in [1.807, 2.05) is 0 Å². The molecule has 2 nitrogen and oxygen atoms in total. The Morgan fingerprint density at radius 3 is 2.43 bits per heavy atom. The van der Waals surface area contributed by atoms with Crippen molar-refractivity contribution in [3.05, 3.63) is 28.8 Å². The molecule has 0 bridgehead atoms. The summed E-state index contributed by atoms with van der Waals surface area (Å²) in [5.41, 5.74) is 1.39. The van der Waals surface area contributed by atoms with Gasteiger partial charge in [0, 0.05) is 23.8 Å². The van der Waals surface area contributed by atoms with E-state index in [4.69, 9.17) is 11.6 Å². The van der Waals surface area contributed by atoms with Crippen molar-refractivity contribution in [1.82, 2.24) is 5.32 Å². The van der Waals surface area contributed by atoms with Crippen LogP contribution in [0.4, 0.5) is 18.9 Å². The van der Waals surface area contributed by atoms with Crippen LogP contribution in [0.15, 0.2) is 18.2 Å². The molecular formula is C15H22ClF3N2. The van der Waals surface area contributed by atoms with Crippen LogP contribution in [-0.4, -0.2) is 25.8 Å². The van der Waals surface area contributed by atoms with Gasteiger partial charge in [-0.1, -0.05) is 31.5 Å². The zero-order valence-corrected chi connectivity index (χ0v) is 13.4. The Balaban J connectivity index is 2.75. The molecule has 1 rings (SSSR count). The molecule has 0 saturated heterocycles. The predicted octanol–water partition coefficient (Wildman–Crippen LogP) is 4.47. The molecule has 6 heteroatoms. The molecule has 0 atom stereocenters. The second-order valence-corrected chi connectivity index (χ2v) is 5.84. The summed E-state index contributed by atoms with van der Waals surface area (Å²) in [6.07, 6.45) is -4.22. The molecule has 0 amide bonds. The summed E-state index contributed by atoms with van der Waals surface area (Å²) in [7, 11) is 0. The minimum absolute atomic E-state index is 0.279. The Bertz CT molecular complexity index is 447. The lowest BCUT2D eigenvalue weighted by Crippen LogP contribution is -2.34. The summed E-state index contributed by atoms with van der Waals surface area (Å²) in [5.74, 6) is 0.533. The number of hydrogen-bond donors (Lipinski definition) is 1. The number of rotatable bonds is 7. The largest absolute Gasteiger partial charge is 0.405 e. The normalized spacial score (nSPS) is 12.0. The quantitative estimate of drug-likeness (QED) is 0.796. The third-order valence-electron chi connectivity index (χ3n) is 3.02. The third kappa shape index (κ3) is 6.57. The number of nitrogens with one attached hydrogen (secondary N) is 1. The Kier molecular flexibility index (Phi) is 6.81. The first-order chi connectivity index (χ1) is 9.73. The van der Waals surface area contributed by atoms with Crippen LogP contribution in [0.5, 0.6) is 0 Å². The molecule has 120 valence electrons. The predicted molar refractivity (Wildman–Crippen MR) is 81.9 cm³/mol. The van der Waals surface area contributed by atoms with Gasteiger partial charge in [-0.2, -0.15) is 13.2 Å². The van der Waals surface area contributed by atoms with E-state index in [2.05, 4.69) is 19.2 Å². The Morgan fingerprint density at radius 1 is 1.29 bits per heavy atom. The lowest BCUT2D eigenvalue weighted by atomic mass is 10.1. The molecular weight excluding hydrogens is 301 g/mol. The second kappa shape index (κ2) is 7.90. The SMILES string of the molecule is CCN(CC(F)(F)F)c1ccc(CNCC(C)C)c(Cl)c1. The van der Waals surface area contributed by atoms with Gasteiger partial charge in [0.25, 0.3) is 0 Å². The Labute approximate surface area is 129 Å². The molecule has 21 heavy (non-hydrogen) atoms. The summed E-state index contributed by atoms with van der Waals surface area (Å²) in [4.78, 5) is 1.26. The summed E-state index contributed by atoms with van der Waals surface area (Å²) >= 11 is 6.17. The highest BCUT2D eigenvalue weighted by Crippen LogP contribution is 2.26. The van der Waals surface area contributed by atoms with Crippen molar-refractivity contribution in [2.24, 2.45) is 5.92 Å². The number of hydrogen-bond acceptors (Lipinski definition) is 2. The molecule has 0 heterocycles. The van der Waals surface area contributed by atoms with Gasteiger partial charge in [-0.3, -0.25) is 0 Å². The Hall–Kier alpha value is -0.940. The second-order valence-electron chi connectivity index (χ2n) is 5.43. The van der Waals surface area contributed by atoms with Crippen molar-refractivity contribution in [2.45, 2.75) is 33.5 Å². The highest BCUT2D eigenvalue weighted by Gasteiger charge is 2.30. The Morgan fingerprint density at radius 2 is 1.95 bits per heavy atom. The van der Waals surface area contributed by atoms with Crippen LogP contribution in [0.2, 0.25) is 5.02 Å². The van der Waals surface area contributed by atoms with Crippen molar-refractivity contribution >= 4 is 17.3 Å². The van der Waals surface area contributed by atoms with E-state index in [0.29, 0.717) is 23.2 Å². The summed E-state index contributed by atoms with van der Waals surface area (Å²) in [6.45, 7) is 6.70. The molecule has 0 aromatic heterocycles. The molecule has 1 aromatic carbocycles. The maximum Gasteiger partial charge on any atom is 0.405 e. The lowest BCUT2D eigenvalue weighted by molar-refractivity contribution is -0.119. The van der Waals surface area contributed by atoms with Gasteiger partial charge in [-0.25, -0.2) is 0 Å². The number of anilines is 1. The van der Waals surface area contributed by atoms with Gasteiger partial charge < -0.3 is 10.2 Å². The maximum atomic E-state index is 12.5. The first kappa shape index (κ1) is 18.1. The van der Waals surface area contributed by atoms with Crippen LogP contribution in [0, 0.1) is 5.92 Å². The van der Waals surface area contributed by atoms with Crippen molar-refractivity contribution in [3.63, 3.8) is 0 Å². The summed E-state index contributed by atoms with van der Waals surface area (Å²) in [5, 5.41) is 3.75. The van der Waals surface area contributed by atoms with Crippen molar-refractivity contribution < 1.29 is 13.2 Å². The molecule has 0 fully saturated rings. The average molecular weight is 323 g/mol. The number of alkyl halides is 3. The van der Waals surface area contributed by atoms with Crippen LogP contribution in [0.25, 0.3) is 0 Å². The van der Waals surface area contributed by atoms with Gasteiger partial charge >= 0.3 is 6.18 Å². The van der Waals surface area contributed by atoms with E-state index in [0.717, 1.165) is 12.1 Å². The number of nitrogens with zero attached hydrogens (tertiary/aromatic N) is 1. The fourth-order valence-corrected chi connectivity index (χ4v) is 2.22. The average Bonchev–Trinajstić information content (AvgIpc) is 2.36. The molecule has 0 aliphatic heterocycles.